The molecule has 1 aliphatic carbocycles. The van der Waals surface area contributed by atoms with Crippen molar-refractivity contribution in [2.45, 2.75) is 51.5 Å². The summed E-state index contributed by atoms with van der Waals surface area (Å²) in [7, 11) is 1.77. The Morgan fingerprint density at radius 1 is 1.16 bits per heavy atom. The summed E-state index contributed by atoms with van der Waals surface area (Å²) in [6.45, 7) is 8.09. The lowest BCUT2D eigenvalue weighted by Crippen LogP contribution is -2.45. The molecular formula is C16H32N2O. The molecule has 2 aliphatic rings. The van der Waals surface area contributed by atoms with Crippen LogP contribution < -0.4 is 5.32 Å². The Labute approximate surface area is 119 Å². The van der Waals surface area contributed by atoms with Crippen LogP contribution in [0.1, 0.15) is 45.4 Å². The first-order valence-electron chi connectivity index (χ1n) is 8.23. The molecule has 3 heteroatoms. The van der Waals surface area contributed by atoms with Crippen LogP contribution in [-0.2, 0) is 4.74 Å². The fourth-order valence-corrected chi connectivity index (χ4v) is 3.74. The second-order valence-electron chi connectivity index (χ2n) is 6.60. The summed E-state index contributed by atoms with van der Waals surface area (Å²) in [4.78, 5) is 2.78. The van der Waals surface area contributed by atoms with Crippen LogP contribution >= 0.6 is 0 Å². The Kier molecular flexibility index (Phi) is 6.62. The predicted octanol–water partition coefficient (Wildman–Crippen LogP) is 2.51. The number of hydrogen-bond donors (Lipinski definition) is 1. The van der Waals surface area contributed by atoms with E-state index in [1.807, 2.05) is 0 Å². The molecule has 1 heterocycles. The molecular weight excluding hydrogens is 236 g/mol. The highest BCUT2D eigenvalue weighted by molar-refractivity contribution is 4.83. The lowest BCUT2D eigenvalue weighted by molar-refractivity contribution is 0.0917. The first-order valence-corrected chi connectivity index (χ1v) is 8.23. The van der Waals surface area contributed by atoms with Gasteiger partial charge in [-0.1, -0.05) is 19.8 Å². The van der Waals surface area contributed by atoms with Crippen molar-refractivity contribution in [1.82, 2.24) is 10.2 Å². The van der Waals surface area contributed by atoms with Crippen molar-refractivity contribution in [2.75, 3.05) is 39.9 Å². The first-order chi connectivity index (χ1) is 9.29. The molecule has 0 aromatic carbocycles. The molecule has 2 unspecified atom stereocenters. The third kappa shape index (κ3) is 5.05. The van der Waals surface area contributed by atoms with Crippen molar-refractivity contribution in [3.63, 3.8) is 0 Å². The molecule has 0 spiro atoms. The molecule has 2 fully saturated rings. The maximum Gasteiger partial charge on any atom is 0.0587 e. The van der Waals surface area contributed by atoms with Crippen molar-refractivity contribution in [1.29, 1.82) is 0 Å². The molecule has 1 saturated heterocycles. The number of rotatable bonds is 6. The molecule has 0 aromatic heterocycles. The summed E-state index contributed by atoms with van der Waals surface area (Å²) in [5, 5.41) is 3.51. The molecule has 2 rings (SSSR count). The molecule has 3 nitrogen and oxygen atoms in total. The largest absolute Gasteiger partial charge is 0.383 e. The van der Waals surface area contributed by atoms with E-state index in [9.17, 15) is 0 Å². The Balaban J connectivity index is 1.62. The molecule has 2 atom stereocenters. The summed E-state index contributed by atoms with van der Waals surface area (Å²) >= 11 is 0. The topological polar surface area (TPSA) is 24.5 Å². The van der Waals surface area contributed by atoms with Gasteiger partial charge < -0.3 is 15.0 Å². The van der Waals surface area contributed by atoms with Crippen LogP contribution in [0.15, 0.2) is 0 Å². The zero-order valence-corrected chi connectivity index (χ0v) is 12.9. The van der Waals surface area contributed by atoms with Gasteiger partial charge in [0.1, 0.15) is 0 Å². The monoisotopic (exact) mass is 268 g/mol. The maximum atomic E-state index is 5.07. The fraction of sp³-hybridized carbons (Fsp3) is 1.00. The van der Waals surface area contributed by atoms with E-state index < -0.39 is 0 Å². The zero-order valence-electron chi connectivity index (χ0n) is 12.9. The minimum absolute atomic E-state index is 0.832. The smallest absolute Gasteiger partial charge is 0.0587 e. The summed E-state index contributed by atoms with van der Waals surface area (Å²) < 4.78 is 5.07. The Morgan fingerprint density at radius 3 is 2.63 bits per heavy atom. The fourth-order valence-electron chi connectivity index (χ4n) is 3.74. The Hall–Kier alpha value is -0.120. The van der Waals surface area contributed by atoms with Gasteiger partial charge in [0.15, 0.2) is 0 Å². The second-order valence-corrected chi connectivity index (χ2v) is 6.60. The van der Waals surface area contributed by atoms with Crippen LogP contribution in [0.4, 0.5) is 0 Å². The summed E-state index contributed by atoms with van der Waals surface area (Å²) in [5.74, 6) is 1.83. The van der Waals surface area contributed by atoms with E-state index >= 15 is 0 Å². The number of ether oxygens (including phenoxy) is 1. The van der Waals surface area contributed by atoms with Crippen LogP contribution in [-0.4, -0.2) is 50.8 Å². The van der Waals surface area contributed by atoms with Crippen molar-refractivity contribution >= 4 is 0 Å². The van der Waals surface area contributed by atoms with Crippen LogP contribution in [0.3, 0.4) is 0 Å². The number of nitrogens with one attached hydrogen (secondary N) is 1. The van der Waals surface area contributed by atoms with Gasteiger partial charge >= 0.3 is 0 Å². The Morgan fingerprint density at radius 2 is 1.95 bits per heavy atom. The van der Waals surface area contributed by atoms with Gasteiger partial charge in [-0.05, 0) is 57.2 Å². The lowest BCUT2D eigenvalue weighted by atomic mass is 9.84. The van der Waals surface area contributed by atoms with E-state index in [0.717, 1.165) is 31.0 Å². The van der Waals surface area contributed by atoms with Gasteiger partial charge in [-0.15, -0.1) is 0 Å². The normalized spacial score (nSPS) is 30.6. The molecule has 0 aromatic rings. The molecule has 1 aliphatic heterocycles. The SMILES string of the molecule is COCCNCC1CCN(C2CCCC(C)C2)CC1. The number of likely N-dealkylation sites (tertiary alicyclic amines) is 1. The van der Waals surface area contributed by atoms with E-state index in [4.69, 9.17) is 4.74 Å². The first kappa shape index (κ1) is 15.3. The van der Waals surface area contributed by atoms with E-state index in [2.05, 4.69) is 17.1 Å². The van der Waals surface area contributed by atoms with Crippen LogP contribution in [0.25, 0.3) is 0 Å². The van der Waals surface area contributed by atoms with Gasteiger partial charge in [0.2, 0.25) is 0 Å². The minimum Gasteiger partial charge on any atom is -0.383 e. The highest BCUT2D eigenvalue weighted by Crippen LogP contribution is 2.29. The van der Waals surface area contributed by atoms with E-state index in [1.165, 1.54) is 58.2 Å². The molecule has 1 N–H and O–H groups in total. The van der Waals surface area contributed by atoms with E-state index in [0.29, 0.717) is 0 Å². The molecule has 0 radical (unpaired) electrons. The molecule has 0 amide bonds. The summed E-state index contributed by atoms with van der Waals surface area (Å²) in [6.07, 6.45) is 8.55. The summed E-state index contributed by atoms with van der Waals surface area (Å²) in [6, 6.07) is 0.895. The van der Waals surface area contributed by atoms with Crippen molar-refractivity contribution in [2.24, 2.45) is 11.8 Å². The van der Waals surface area contributed by atoms with E-state index in [-0.39, 0.29) is 0 Å². The highest BCUT2D eigenvalue weighted by Gasteiger charge is 2.27. The third-order valence-electron chi connectivity index (χ3n) is 4.99. The number of hydrogen-bond acceptors (Lipinski definition) is 3. The van der Waals surface area contributed by atoms with Gasteiger partial charge in [0.25, 0.3) is 0 Å². The average Bonchev–Trinajstić information content (AvgIpc) is 2.44. The molecule has 1 saturated carbocycles. The number of nitrogens with zero attached hydrogens (tertiary/aromatic N) is 1. The van der Waals surface area contributed by atoms with Crippen molar-refractivity contribution < 1.29 is 4.74 Å². The standard InChI is InChI=1S/C16H32N2O/c1-14-4-3-5-16(12-14)18-9-6-15(7-10-18)13-17-8-11-19-2/h14-17H,3-13H2,1-2H3. The summed E-state index contributed by atoms with van der Waals surface area (Å²) in [5.41, 5.74) is 0. The zero-order chi connectivity index (χ0) is 13.5. The van der Waals surface area contributed by atoms with Gasteiger partial charge in [-0.2, -0.15) is 0 Å². The number of piperidine rings is 1. The quantitative estimate of drug-likeness (QED) is 0.749. The lowest BCUT2D eigenvalue weighted by Gasteiger charge is -2.40. The molecule has 0 bridgehead atoms. The maximum absolute atomic E-state index is 5.07. The van der Waals surface area contributed by atoms with Gasteiger partial charge in [0.05, 0.1) is 6.61 Å². The minimum atomic E-state index is 0.832. The Bertz CT molecular complexity index is 239. The van der Waals surface area contributed by atoms with Gasteiger partial charge in [0, 0.05) is 19.7 Å². The van der Waals surface area contributed by atoms with Crippen LogP contribution in [0.2, 0.25) is 0 Å². The van der Waals surface area contributed by atoms with Gasteiger partial charge in [-0.3, -0.25) is 0 Å². The highest BCUT2D eigenvalue weighted by atomic mass is 16.5. The second kappa shape index (κ2) is 8.23. The molecule has 19 heavy (non-hydrogen) atoms. The van der Waals surface area contributed by atoms with Crippen molar-refractivity contribution in [3.8, 4) is 0 Å². The molecule has 112 valence electrons. The average molecular weight is 268 g/mol. The van der Waals surface area contributed by atoms with E-state index in [1.54, 1.807) is 7.11 Å². The van der Waals surface area contributed by atoms with Gasteiger partial charge in [-0.25, -0.2) is 0 Å². The predicted molar refractivity (Wildman–Crippen MR) is 80.5 cm³/mol. The van der Waals surface area contributed by atoms with Crippen molar-refractivity contribution in [3.05, 3.63) is 0 Å². The van der Waals surface area contributed by atoms with Crippen LogP contribution in [0.5, 0.6) is 0 Å². The number of methoxy groups -OCH3 is 1. The van der Waals surface area contributed by atoms with Crippen LogP contribution in [0, 0.1) is 11.8 Å². The third-order valence-corrected chi connectivity index (χ3v) is 4.99.